The van der Waals surface area contributed by atoms with E-state index in [1.165, 1.54) is 5.56 Å². The number of carbonyl (C=O) groups excluding carboxylic acids is 1. The Labute approximate surface area is 96.2 Å². The van der Waals surface area contributed by atoms with Crippen LogP contribution in [0.15, 0.2) is 24.3 Å². The van der Waals surface area contributed by atoms with Crippen LogP contribution in [0.3, 0.4) is 0 Å². The van der Waals surface area contributed by atoms with Gasteiger partial charge >= 0.3 is 0 Å². The summed E-state index contributed by atoms with van der Waals surface area (Å²) in [6.45, 7) is 3.57. The van der Waals surface area contributed by atoms with Crippen LogP contribution in [-0.2, 0) is 11.2 Å². The highest BCUT2D eigenvalue weighted by Gasteiger charge is 2.23. The molecule has 16 heavy (non-hydrogen) atoms. The molecule has 1 saturated heterocycles. The van der Waals surface area contributed by atoms with Crippen LogP contribution in [0.1, 0.15) is 17.5 Å². The van der Waals surface area contributed by atoms with Crippen molar-refractivity contribution < 1.29 is 4.79 Å². The molecule has 1 unspecified atom stereocenters. The zero-order valence-electron chi connectivity index (χ0n) is 9.65. The van der Waals surface area contributed by atoms with Gasteiger partial charge in [0.15, 0.2) is 0 Å². The lowest BCUT2D eigenvalue weighted by Gasteiger charge is -2.15. The molecule has 1 aliphatic heterocycles. The maximum absolute atomic E-state index is 11.9. The first-order valence-corrected chi connectivity index (χ1v) is 5.74. The lowest BCUT2D eigenvalue weighted by atomic mass is 10.1. The third-order valence-corrected chi connectivity index (χ3v) is 3.02. The molecule has 1 aliphatic rings. The number of rotatable bonds is 2. The average molecular weight is 218 g/mol. The van der Waals surface area contributed by atoms with Gasteiger partial charge in [0, 0.05) is 19.1 Å². The van der Waals surface area contributed by atoms with Gasteiger partial charge in [0.1, 0.15) is 0 Å². The van der Waals surface area contributed by atoms with Gasteiger partial charge in [0.05, 0.1) is 6.42 Å². The van der Waals surface area contributed by atoms with Gasteiger partial charge in [-0.15, -0.1) is 0 Å². The van der Waals surface area contributed by atoms with Crippen LogP contribution in [0.2, 0.25) is 0 Å². The SMILES string of the molecule is Cc1cccc(CC(=O)N2CCC(N)C2)c1. The minimum atomic E-state index is 0.168. The number of nitrogens with zero attached hydrogens (tertiary/aromatic N) is 1. The number of likely N-dealkylation sites (tertiary alicyclic amines) is 1. The fourth-order valence-corrected chi connectivity index (χ4v) is 2.12. The monoisotopic (exact) mass is 218 g/mol. The van der Waals surface area contributed by atoms with Crippen LogP contribution in [-0.4, -0.2) is 29.9 Å². The molecule has 0 spiro atoms. The lowest BCUT2D eigenvalue weighted by molar-refractivity contribution is -0.129. The highest BCUT2D eigenvalue weighted by molar-refractivity contribution is 5.79. The molecule has 3 nitrogen and oxygen atoms in total. The Balaban J connectivity index is 1.97. The molecule has 1 atom stereocenters. The first-order valence-electron chi connectivity index (χ1n) is 5.74. The molecule has 0 aromatic heterocycles. The summed E-state index contributed by atoms with van der Waals surface area (Å²) in [5.41, 5.74) is 8.07. The molecule has 3 heteroatoms. The summed E-state index contributed by atoms with van der Waals surface area (Å²) < 4.78 is 0. The van der Waals surface area contributed by atoms with Crippen LogP contribution in [0.5, 0.6) is 0 Å². The van der Waals surface area contributed by atoms with E-state index in [9.17, 15) is 4.79 Å². The second-order valence-electron chi connectivity index (χ2n) is 4.55. The zero-order valence-corrected chi connectivity index (χ0v) is 9.65. The number of hydrogen-bond donors (Lipinski definition) is 1. The van der Waals surface area contributed by atoms with Gasteiger partial charge in [-0.05, 0) is 18.9 Å². The van der Waals surface area contributed by atoms with Crippen molar-refractivity contribution in [1.29, 1.82) is 0 Å². The Morgan fingerprint density at radius 3 is 3.00 bits per heavy atom. The summed E-state index contributed by atoms with van der Waals surface area (Å²) in [5.74, 6) is 0.193. The van der Waals surface area contributed by atoms with Crippen molar-refractivity contribution >= 4 is 5.91 Å². The minimum absolute atomic E-state index is 0.168. The highest BCUT2D eigenvalue weighted by atomic mass is 16.2. The summed E-state index contributed by atoms with van der Waals surface area (Å²) in [6.07, 6.45) is 1.42. The van der Waals surface area contributed by atoms with E-state index >= 15 is 0 Å². The average Bonchev–Trinajstić information content (AvgIpc) is 2.65. The van der Waals surface area contributed by atoms with Gasteiger partial charge in [-0.1, -0.05) is 29.8 Å². The van der Waals surface area contributed by atoms with Crippen molar-refractivity contribution in [3.05, 3.63) is 35.4 Å². The van der Waals surface area contributed by atoms with E-state index in [1.54, 1.807) is 0 Å². The Bertz CT molecular complexity index is 389. The van der Waals surface area contributed by atoms with E-state index < -0.39 is 0 Å². The molecule has 86 valence electrons. The van der Waals surface area contributed by atoms with E-state index in [4.69, 9.17) is 5.73 Å². The Morgan fingerprint density at radius 1 is 1.56 bits per heavy atom. The summed E-state index contributed by atoms with van der Waals surface area (Å²) >= 11 is 0. The lowest BCUT2D eigenvalue weighted by Crippen LogP contribution is -2.32. The summed E-state index contributed by atoms with van der Waals surface area (Å²) in [4.78, 5) is 13.8. The second-order valence-corrected chi connectivity index (χ2v) is 4.55. The fourth-order valence-electron chi connectivity index (χ4n) is 2.12. The molecule has 0 radical (unpaired) electrons. The quantitative estimate of drug-likeness (QED) is 0.808. The number of aryl methyl sites for hydroxylation is 1. The molecule has 1 amide bonds. The van der Waals surface area contributed by atoms with E-state index in [0.717, 1.165) is 18.5 Å². The Hall–Kier alpha value is -1.35. The topological polar surface area (TPSA) is 46.3 Å². The molecule has 2 N–H and O–H groups in total. The smallest absolute Gasteiger partial charge is 0.227 e. The molecule has 0 saturated carbocycles. The van der Waals surface area contributed by atoms with Crippen LogP contribution >= 0.6 is 0 Å². The summed E-state index contributed by atoms with van der Waals surface area (Å²) in [5, 5.41) is 0. The van der Waals surface area contributed by atoms with Crippen LogP contribution in [0, 0.1) is 6.92 Å². The van der Waals surface area contributed by atoms with Crippen molar-refractivity contribution in [2.75, 3.05) is 13.1 Å². The number of benzene rings is 1. The van der Waals surface area contributed by atoms with Gasteiger partial charge in [-0.25, -0.2) is 0 Å². The summed E-state index contributed by atoms with van der Waals surface area (Å²) in [7, 11) is 0. The Kier molecular flexibility index (Phi) is 3.25. The third kappa shape index (κ3) is 2.61. The van der Waals surface area contributed by atoms with E-state index in [1.807, 2.05) is 30.0 Å². The number of amides is 1. The van der Waals surface area contributed by atoms with Crippen LogP contribution < -0.4 is 5.73 Å². The highest BCUT2D eigenvalue weighted by Crippen LogP contribution is 2.11. The van der Waals surface area contributed by atoms with Gasteiger partial charge in [0.2, 0.25) is 5.91 Å². The molecule has 1 heterocycles. The fraction of sp³-hybridized carbons (Fsp3) is 0.462. The van der Waals surface area contributed by atoms with E-state index in [2.05, 4.69) is 6.07 Å². The normalized spacial score (nSPS) is 20.1. The largest absolute Gasteiger partial charge is 0.341 e. The molecule has 1 aromatic carbocycles. The first kappa shape index (κ1) is 11.1. The molecular weight excluding hydrogens is 200 g/mol. The zero-order chi connectivity index (χ0) is 11.5. The van der Waals surface area contributed by atoms with Gasteiger partial charge < -0.3 is 10.6 Å². The van der Waals surface area contributed by atoms with Gasteiger partial charge in [0.25, 0.3) is 0 Å². The molecule has 0 bridgehead atoms. The first-order chi connectivity index (χ1) is 7.65. The van der Waals surface area contributed by atoms with Gasteiger partial charge in [-0.2, -0.15) is 0 Å². The Morgan fingerprint density at radius 2 is 2.38 bits per heavy atom. The number of hydrogen-bond acceptors (Lipinski definition) is 2. The maximum Gasteiger partial charge on any atom is 0.227 e. The van der Waals surface area contributed by atoms with Gasteiger partial charge in [-0.3, -0.25) is 4.79 Å². The van der Waals surface area contributed by atoms with Crippen molar-refractivity contribution in [3.8, 4) is 0 Å². The molecule has 1 fully saturated rings. The van der Waals surface area contributed by atoms with Crippen molar-refractivity contribution in [3.63, 3.8) is 0 Å². The minimum Gasteiger partial charge on any atom is -0.341 e. The molecule has 0 aliphatic carbocycles. The molecular formula is C13H18N2O. The predicted molar refractivity (Wildman–Crippen MR) is 64.1 cm³/mol. The molecule has 2 rings (SSSR count). The van der Waals surface area contributed by atoms with Crippen molar-refractivity contribution in [2.24, 2.45) is 5.73 Å². The number of carbonyl (C=O) groups is 1. The van der Waals surface area contributed by atoms with Crippen LogP contribution in [0.4, 0.5) is 0 Å². The van der Waals surface area contributed by atoms with Crippen molar-refractivity contribution in [2.45, 2.75) is 25.8 Å². The second kappa shape index (κ2) is 4.66. The van der Waals surface area contributed by atoms with E-state index in [0.29, 0.717) is 13.0 Å². The predicted octanol–water partition coefficient (Wildman–Crippen LogP) is 1.10. The molecule has 1 aromatic rings. The van der Waals surface area contributed by atoms with Crippen molar-refractivity contribution in [1.82, 2.24) is 4.90 Å². The third-order valence-electron chi connectivity index (χ3n) is 3.02. The van der Waals surface area contributed by atoms with Crippen LogP contribution in [0.25, 0.3) is 0 Å². The van der Waals surface area contributed by atoms with E-state index in [-0.39, 0.29) is 11.9 Å². The standard InChI is InChI=1S/C13H18N2O/c1-10-3-2-4-11(7-10)8-13(16)15-6-5-12(14)9-15/h2-4,7,12H,5-6,8-9,14H2,1H3. The summed E-state index contributed by atoms with van der Waals surface area (Å²) in [6, 6.07) is 8.27. The number of nitrogens with two attached hydrogens (primary N) is 1. The maximum atomic E-state index is 11.9.